The number of rotatable bonds is 1. The third-order valence-corrected chi connectivity index (χ3v) is 5.13. The molecular weight excluding hydrogens is 280 g/mol. The molecule has 0 N–H and O–H groups in total. The first kappa shape index (κ1) is 14.8. The van der Waals surface area contributed by atoms with Crippen LogP contribution in [0.4, 0.5) is 0 Å². The smallest absolute Gasteiger partial charge is 0.135 e. The van der Waals surface area contributed by atoms with E-state index in [9.17, 15) is 0 Å². The molecule has 1 aromatic heterocycles. The summed E-state index contributed by atoms with van der Waals surface area (Å²) in [4.78, 5) is 0. The van der Waals surface area contributed by atoms with Gasteiger partial charge in [0.25, 0.3) is 0 Å². The quantitative estimate of drug-likeness (QED) is 0.485. The first-order chi connectivity index (χ1) is 10.8. The molecule has 4 rings (SSSR count). The average molecular weight is 305 g/mol. The van der Waals surface area contributed by atoms with E-state index >= 15 is 0 Å². The molecule has 1 radical (unpaired) electrons. The van der Waals surface area contributed by atoms with E-state index in [-0.39, 0.29) is 0 Å². The summed E-state index contributed by atoms with van der Waals surface area (Å²) in [6, 6.07) is 15.1. The maximum Gasteiger partial charge on any atom is 0.135 e. The van der Waals surface area contributed by atoms with Crippen LogP contribution < -0.4 is 0 Å². The number of benzene rings is 2. The molecule has 0 unspecified atom stereocenters. The minimum atomic E-state index is 0.379. The molecule has 0 aliphatic heterocycles. The highest BCUT2D eigenvalue weighted by atomic mass is 16.3. The summed E-state index contributed by atoms with van der Waals surface area (Å²) >= 11 is 0. The van der Waals surface area contributed by atoms with Crippen molar-refractivity contribution in [2.24, 2.45) is 10.8 Å². The highest BCUT2D eigenvalue weighted by molar-refractivity contribution is 6.05. The number of fused-ring (bicyclic) bond motifs is 3. The van der Waals surface area contributed by atoms with Gasteiger partial charge in [0.1, 0.15) is 11.2 Å². The molecule has 1 fully saturated rings. The number of hydrogen-bond donors (Lipinski definition) is 0. The lowest BCUT2D eigenvalue weighted by molar-refractivity contribution is 0.137. The Labute approximate surface area is 138 Å². The van der Waals surface area contributed by atoms with Gasteiger partial charge >= 0.3 is 0 Å². The van der Waals surface area contributed by atoms with Gasteiger partial charge in [-0.05, 0) is 53.9 Å². The van der Waals surface area contributed by atoms with E-state index in [1.54, 1.807) is 5.92 Å². The average Bonchev–Trinajstić information content (AvgIpc) is 2.81. The summed E-state index contributed by atoms with van der Waals surface area (Å²) in [5, 5.41) is 2.46. The van der Waals surface area contributed by atoms with Crippen molar-refractivity contribution >= 4 is 21.9 Å². The van der Waals surface area contributed by atoms with Gasteiger partial charge in [-0.25, -0.2) is 0 Å². The number of para-hydroxylation sites is 1. The Morgan fingerprint density at radius 2 is 1.43 bits per heavy atom. The summed E-state index contributed by atoms with van der Waals surface area (Å²) in [5.74, 6) is 1.60. The molecule has 0 atom stereocenters. The minimum absolute atomic E-state index is 0.379. The zero-order valence-corrected chi connectivity index (χ0v) is 14.6. The predicted molar refractivity (Wildman–Crippen MR) is 97.5 cm³/mol. The Kier molecular flexibility index (Phi) is 3.13. The molecule has 1 nitrogen and oxygen atoms in total. The Bertz CT molecular complexity index is 850. The van der Waals surface area contributed by atoms with E-state index in [2.05, 4.69) is 64.1 Å². The second kappa shape index (κ2) is 4.87. The lowest BCUT2D eigenvalue weighted by Crippen LogP contribution is -2.33. The van der Waals surface area contributed by atoms with Crippen LogP contribution in [-0.4, -0.2) is 0 Å². The van der Waals surface area contributed by atoms with Gasteiger partial charge in [0, 0.05) is 16.7 Å². The predicted octanol–water partition coefficient (Wildman–Crippen LogP) is 6.74. The Balaban J connectivity index is 1.81. The topological polar surface area (TPSA) is 13.1 Å². The van der Waals surface area contributed by atoms with E-state index in [1.807, 2.05) is 6.07 Å². The molecule has 1 heterocycles. The van der Waals surface area contributed by atoms with Crippen molar-refractivity contribution in [3.63, 3.8) is 0 Å². The monoisotopic (exact) mass is 305 g/mol. The minimum Gasteiger partial charge on any atom is -0.456 e. The molecule has 2 aromatic carbocycles. The fourth-order valence-corrected chi connectivity index (χ4v) is 4.79. The van der Waals surface area contributed by atoms with Crippen molar-refractivity contribution in [3.05, 3.63) is 53.9 Å². The van der Waals surface area contributed by atoms with Crippen molar-refractivity contribution in [3.8, 4) is 0 Å². The summed E-state index contributed by atoms with van der Waals surface area (Å²) in [5.41, 5.74) is 4.12. The molecule has 1 heteroatoms. The zero-order chi connectivity index (χ0) is 16.2. The van der Waals surface area contributed by atoms with Crippen molar-refractivity contribution < 1.29 is 4.42 Å². The summed E-state index contributed by atoms with van der Waals surface area (Å²) in [6.07, 6.45) is 3.68. The van der Waals surface area contributed by atoms with Crippen LogP contribution in [0.15, 0.2) is 46.9 Å². The lowest BCUT2D eigenvalue weighted by atomic mass is 9.60. The molecule has 1 saturated carbocycles. The number of hydrogen-bond acceptors (Lipinski definition) is 1. The van der Waals surface area contributed by atoms with Gasteiger partial charge in [0.05, 0.1) is 0 Å². The van der Waals surface area contributed by atoms with Crippen LogP contribution in [0.1, 0.15) is 52.5 Å². The maximum absolute atomic E-state index is 5.97. The number of furan rings is 1. The van der Waals surface area contributed by atoms with Gasteiger partial charge in [0.15, 0.2) is 0 Å². The standard InChI is InChI=1S/C22H25O/c1-21(2)12-16(13-22(3,4)14-21)15-9-10-20-18(11-15)17-7-5-6-8-19(17)23-20/h5-11H,12-14H2,1-4H3. The van der Waals surface area contributed by atoms with Crippen molar-refractivity contribution in [1.82, 2.24) is 0 Å². The van der Waals surface area contributed by atoms with Crippen molar-refractivity contribution in [1.29, 1.82) is 0 Å². The molecule has 3 aromatic rings. The van der Waals surface area contributed by atoms with Crippen LogP contribution in [0.2, 0.25) is 0 Å². The van der Waals surface area contributed by atoms with Crippen LogP contribution in [0.25, 0.3) is 21.9 Å². The molecule has 119 valence electrons. The van der Waals surface area contributed by atoms with E-state index in [1.165, 1.54) is 35.6 Å². The van der Waals surface area contributed by atoms with Gasteiger partial charge < -0.3 is 4.42 Å². The SMILES string of the molecule is CC1(C)C[C](c2ccc3oc4ccccc4c3c2)CC(C)(C)C1. The lowest BCUT2D eigenvalue weighted by Gasteiger charge is -2.45. The van der Waals surface area contributed by atoms with Gasteiger partial charge in [-0.1, -0.05) is 52.0 Å². The molecule has 0 bridgehead atoms. The third kappa shape index (κ3) is 2.67. The van der Waals surface area contributed by atoms with Crippen molar-refractivity contribution in [2.45, 2.75) is 47.0 Å². The molecule has 1 aliphatic carbocycles. The molecular formula is C22H25O. The molecule has 0 spiro atoms. The highest BCUT2D eigenvalue weighted by Gasteiger charge is 2.39. The van der Waals surface area contributed by atoms with Gasteiger partial charge in [0.2, 0.25) is 0 Å². The van der Waals surface area contributed by atoms with Crippen LogP contribution in [0, 0.1) is 16.7 Å². The Hall–Kier alpha value is -1.76. The Morgan fingerprint density at radius 3 is 2.17 bits per heavy atom. The van der Waals surface area contributed by atoms with E-state index in [4.69, 9.17) is 4.42 Å². The normalized spacial score (nSPS) is 21.0. The van der Waals surface area contributed by atoms with Crippen LogP contribution in [0.3, 0.4) is 0 Å². The second-order valence-electron chi connectivity index (χ2n) is 8.77. The first-order valence-corrected chi connectivity index (χ1v) is 8.59. The van der Waals surface area contributed by atoms with Crippen LogP contribution in [0.5, 0.6) is 0 Å². The van der Waals surface area contributed by atoms with Gasteiger partial charge in [-0.2, -0.15) is 0 Å². The summed E-state index contributed by atoms with van der Waals surface area (Å²) in [7, 11) is 0. The zero-order valence-electron chi connectivity index (χ0n) is 14.6. The molecule has 0 amide bonds. The van der Waals surface area contributed by atoms with E-state index in [0.29, 0.717) is 10.8 Å². The first-order valence-electron chi connectivity index (χ1n) is 8.59. The van der Waals surface area contributed by atoms with Crippen molar-refractivity contribution in [2.75, 3.05) is 0 Å². The van der Waals surface area contributed by atoms with Crippen LogP contribution >= 0.6 is 0 Å². The van der Waals surface area contributed by atoms with E-state index < -0.39 is 0 Å². The van der Waals surface area contributed by atoms with Gasteiger partial charge in [-0.3, -0.25) is 0 Å². The van der Waals surface area contributed by atoms with Gasteiger partial charge in [-0.15, -0.1) is 0 Å². The van der Waals surface area contributed by atoms with E-state index in [0.717, 1.165) is 11.2 Å². The molecule has 1 aliphatic rings. The Morgan fingerprint density at radius 1 is 0.783 bits per heavy atom. The second-order valence-corrected chi connectivity index (χ2v) is 8.77. The largest absolute Gasteiger partial charge is 0.456 e. The van der Waals surface area contributed by atoms with Crippen LogP contribution in [-0.2, 0) is 0 Å². The molecule has 23 heavy (non-hydrogen) atoms. The molecule has 0 saturated heterocycles. The maximum atomic E-state index is 5.97. The third-order valence-electron chi connectivity index (χ3n) is 5.13. The summed E-state index contributed by atoms with van der Waals surface area (Å²) in [6.45, 7) is 9.61. The fourth-order valence-electron chi connectivity index (χ4n) is 4.79. The fraction of sp³-hybridized carbons (Fsp3) is 0.409. The highest BCUT2D eigenvalue weighted by Crippen LogP contribution is 2.51. The summed E-state index contributed by atoms with van der Waals surface area (Å²) < 4.78 is 5.97.